The molecule has 0 atom stereocenters. The number of unbranched alkanes of at least 4 members (excludes halogenated alkanes) is 23. The van der Waals surface area contributed by atoms with Gasteiger partial charge in [0.2, 0.25) is 0 Å². The normalized spacial score (nSPS) is 11.4. The number of esters is 3. The van der Waals surface area contributed by atoms with Crippen molar-refractivity contribution < 1.29 is 33.7 Å². The number of aliphatic hydroxyl groups is 1. The Bertz CT molecular complexity index is 807. The molecule has 54 heavy (non-hydrogen) atoms. The van der Waals surface area contributed by atoms with Gasteiger partial charge in [-0.1, -0.05) is 156 Å². The van der Waals surface area contributed by atoms with Gasteiger partial charge in [-0.05, 0) is 70.9 Å². The van der Waals surface area contributed by atoms with Crippen LogP contribution in [-0.4, -0.2) is 73.5 Å². The fourth-order valence-electron chi connectivity index (χ4n) is 6.99. The fraction of sp³-hybridized carbons (Fsp3) is 0.935. The van der Waals surface area contributed by atoms with E-state index in [1.807, 2.05) is 0 Å². The number of nitrogens with zero attached hydrogens (tertiary/aromatic N) is 1. The maximum atomic E-state index is 12.6. The molecule has 0 aromatic rings. The molecule has 0 aromatic carbocycles. The summed E-state index contributed by atoms with van der Waals surface area (Å²) in [5.74, 6) is -0.670. The third kappa shape index (κ3) is 38.6. The second-order valence-electron chi connectivity index (χ2n) is 15.8. The van der Waals surface area contributed by atoms with E-state index in [0.717, 1.165) is 96.6 Å². The summed E-state index contributed by atoms with van der Waals surface area (Å²) in [5.41, 5.74) is 0. The number of carbonyl (C=O) groups excluding carboxylic acids is 3. The quantitative estimate of drug-likeness (QED) is 0.0372. The summed E-state index contributed by atoms with van der Waals surface area (Å²) in [6, 6.07) is 0. The zero-order valence-corrected chi connectivity index (χ0v) is 36.0. The zero-order chi connectivity index (χ0) is 39.6. The second kappa shape index (κ2) is 42.5. The molecule has 8 nitrogen and oxygen atoms in total. The summed E-state index contributed by atoms with van der Waals surface area (Å²) >= 11 is 0. The van der Waals surface area contributed by atoms with Crippen LogP contribution in [-0.2, 0) is 28.6 Å². The van der Waals surface area contributed by atoms with Crippen molar-refractivity contribution in [3.8, 4) is 0 Å². The number of ether oxygens (including phenoxy) is 3. The summed E-state index contributed by atoms with van der Waals surface area (Å²) in [7, 11) is 0. The molecule has 0 unspecified atom stereocenters. The van der Waals surface area contributed by atoms with Crippen molar-refractivity contribution in [2.45, 2.75) is 239 Å². The van der Waals surface area contributed by atoms with Crippen LogP contribution >= 0.6 is 0 Å². The van der Waals surface area contributed by atoms with Gasteiger partial charge in [0.05, 0.1) is 32.7 Å². The van der Waals surface area contributed by atoms with Crippen LogP contribution in [0.3, 0.4) is 0 Å². The smallest absolute Gasteiger partial charge is 0.306 e. The first-order valence-electron chi connectivity index (χ1n) is 23.3. The maximum absolute atomic E-state index is 12.6. The Morgan fingerprint density at radius 1 is 0.426 bits per heavy atom. The predicted octanol–water partition coefficient (Wildman–Crippen LogP) is 12.2. The molecule has 0 bridgehead atoms. The van der Waals surface area contributed by atoms with Crippen molar-refractivity contribution in [3.05, 3.63) is 0 Å². The molecule has 8 heteroatoms. The highest BCUT2D eigenvalue weighted by Crippen LogP contribution is 2.18. The number of aliphatic hydroxyl groups excluding tert-OH is 1. The largest absolute Gasteiger partial charge is 0.466 e. The van der Waals surface area contributed by atoms with Gasteiger partial charge in [0.15, 0.2) is 0 Å². The molecule has 0 rings (SSSR count). The number of rotatable bonds is 43. The first-order valence-corrected chi connectivity index (χ1v) is 23.3. The summed E-state index contributed by atoms with van der Waals surface area (Å²) < 4.78 is 16.7. The Kier molecular flexibility index (Phi) is 41.2. The van der Waals surface area contributed by atoms with Gasteiger partial charge >= 0.3 is 17.9 Å². The minimum Gasteiger partial charge on any atom is -0.466 e. The lowest BCUT2D eigenvalue weighted by Crippen LogP contribution is -2.29. The SMILES string of the molecule is CCCCCCCCCCCOC(=O)CCCCCN(CCO)CCCCCCOC(=O)CCC(=O)OC(CCCCCCCC)CCCCCCCC. The third-order valence-electron chi connectivity index (χ3n) is 10.5. The van der Waals surface area contributed by atoms with Crippen LogP contribution in [0.15, 0.2) is 0 Å². The fourth-order valence-corrected chi connectivity index (χ4v) is 6.99. The number of hydrogen-bond acceptors (Lipinski definition) is 8. The van der Waals surface area contributed by atoms with Crippen LogP contribution in [0.25, 0.3) is 0 Å². The first-order chi connectivity index (χ1) is 26.5. The molecule has 0 aliphatic carbocycles. The Balaban J connectivity index is 3.97. The molecule has 0 radical (unpaired) electrons. The van der Waals surface area contributed by atoms with Crippen molar-refractivity contribution in [1.82, 2.24) is 4.90 Å². The summed E-state index contributed by atoms with van der Waals surface area (Å²) in [6.45, 7) is 10.3. The van der Waals surface area contributed by atoms with E-state index < -0.39 is 0 Å². The first kappa shape index (κ1) is 52.3. The molecule has 0 saturated heterocycles. The Labute approximate surface area is 334 Å². The van der Waals surface area contributed by atoms with Crippen LogP contribution in [0.5, 0.6) is 0 Å². The highest BCUT2D eigenvalue weighted by atomic mass is 16.5. The van der Waals surface area contributed by atoms with Crippen LogP contribution in [0.2, 0.25) is 0 Å². The molecule has 1 N–H and O–H groups in total. The van der Waals surface area contributed by atoms with Gasteiger partial charge in [-0.15, -0.1) is 0 Å². The van der Waals surface area contributed by atoms with Crippen molar-refractivity contribution in [2.24, 2.45) is 0 Å². The predicted molar refractivity (Wildman–Crippen MR) is 225 cm³/mol. The Morgan fingerprint density at radius 2 is 0.796 bits per heavy atom. The van der Waals surface area contributed by atoms with Gasteiger partial charge in [0.1, 0.15) is 6.10 Å². The van der Waals surface area contributed by atoms with Gasteiger partial charge in [0, 0.05) is 13.0 Å². The molecule has 0 aliphatic rings. The van der Waals surface area contributed by atoms with Crippen molar-refractivity contribution in [2.75, 3.05) is 39.5 Å². The number of carbonyl (C=O) groups is 3. The maximum Gasteiger partial charge on any atom is 0.306 e. The van der Waals surface area contributed by atoms with Crippen LogP contribution in [0, 0.1) is 0 Å². The van der Waals surface area contributed by atoms with Gasteiger partial charge in [0.25, 0.3) is 0 Å². The van der Waals surface area contributed by atoms with Gasteiger partial charge in [-0.2, -0.15) is 0 Å². The molecule has 0 spiro atoms. The van der Waals surface area contributed by atoms with E-state index in [9.17, 15) is 19.5 Å². The Morgan fingerprint density at radius 3 is 1.26 bits per heavy atom. The molecule has 0 heterocycles. The molecular weight excluding hydrogens is 679 g/mol. The van der Waals surface area contributed by atoms with E-state index in [1.165, 1.54) is 109 Å². The van der Waals surface area contributed by atoms with E-state index in [1.54, 1.807) is 0 Å². The number of hydrogen-bond donors (Lipinski definition) is 1. The summed E-state index contributed by atoms with van der Waals surface area (Å²) in [6.07, 6.45) is 35.2. The van der Waals surface area contributed by atoms with Crippen LogP contribution < -0.4 is 0 Å². The minimum atomic E-state index is -0.323. The van der Waals surface area contributed by atoms with Crippen molar-refractivity contribution in [3.63, 3.8) is 0 Å². The van der Waals surface area contributed by atoms with E-state index in [4.69, 9.17) is 14.2 Å². The topological polar surface area (TPSA) is 102 Å². The molecule has 0 saturated carbocycles. The minimum absolute atomic E-state index is 0.0335. The zero-order valence-electron chi connectivity index (χ0n) is 36.0. The summed E-state index contributed by atoms with van der Waals surface area (Å²) in [4.78, 5) is 39.3. The Hall–Kier alpha value is -1.67. The second-order valence-corrected chi connectivity index (χ2v) is 15.8. The van der Waals surface area contributed by atoms with Gasteiger partial charge < -0.3 is 24.2 Å². The molecule has 0 aromatic heterocycles. The summed E-state index contributed by atoms with van der Waals surface area (Å²) in [5, 5.41) is 9.51. The van der Waals surface area contributed by atoms with Crippen molar-refractivity contribution in [1.29, 1.82) is 0 Å². The lowest BCUT2D eigenvalue weighted by atomic mass is 10.0. The van der Waals surface area contributed by atoms with E-state index in [2.05, 4.69) is 25.7 Å². The third-order valence-corrected chi connectivity index (χ3v) is 10.5. The molecular formula is C46H89NO7. The van der Waals surface area contributed by atoms with E-state index in [0.29, 0.717) is 26.2 Å². The van der Waals surface area contributed by atoms with E-state index in [-0.39, 0.29) is 43.5 Å². The standard InChI is InChI=1S/C46H89NO7/c1-4-7-10-13-16-17-18-22-30-41-52-44(49)34-27-24-29-38-47(39-40-48)37-28-21-23-31-42-53-45(50)35-36-46(51)54-43(32-25-19-14-11-8-5-2)33-26-20-15-12-9-6-3/h43,48H,4-42H2,1-3H3. The highest BCUT2D eigenvalue weighted by Gasteiger charge is 2.16. The molecule has 320 valence electrons. The lowest BCUT2D eigenvalue weighted by molar-refractivity contribution is -0.154. The molecule has 0 amide bonds. The lowest BCUT2D eigenvalue weighted by Gasteiger charge is -2.21. The van der Waals surface area contributed by atoms with Crippen molar-refractivity contribution >= 4 is 17.9 Å². The van der Waals surface area contributed by atoms with Gasteiger partial charge in [-0.3, -0.25) is 14.4 Å². The van der Waals surface area contributed by atoms with Crippen LogP contribution in [0.1, 0.15) is 233 Å². The average molecular weight is 768 g/mol. The highest BCUT2D eigenvalue weighted by molar-refractivity contribution is 5.77. The van der Waals surface area contributed by atoms with Gasteiger partial charge in [-0.25, -0.2) is 0 Å². The molecule has 0 fully saturated rings. The monoisotopic (exact) mass is 768 g/mol. The average Bonchev–Trinajstić information content (AvgIpc) is 3.16. The van der Waals surface area contributed by atoms with Crippen LogP contribution in [0.4, 0.5) is 0 Å². The van der Waals surface area contributed by atoms with E-state index >= 15 is 0 Å². The molecule has 0 aliphatic heterocycles.